The van der Waals surface area contributed by atoms with E-state index in [-0.39, 0.29) is 18.4 Å². The van der Waals surface area contributed by atoms with E-state index in [0.717, 1.165) is 0 Å². The van der Waals surface area contributed by atoms with Gasteiger partial charge in [0, 0.05) is 29.2 Å². The van der Waals surface area contributed by atoms with Crippen LogP contribution >= 0.6 is 0 Å². The Morgan fingerprint density at radius 2 is 1.62 bits per heavy atom. The van der Waals surface area contributed by atoms with E-state index in [0.29, 0.717) is 34.2 Å². The fourth-order valence-electron chi connectivity index (χ4n) is 2.74. The van der Waals surface area contributed by atoms with E-state index in [1.165, 1.54) is 18.3 Å². The number of carbonyl (C=O) groups is 2. The number of benzene rings is 2. The largest absolute Gasteiger partial charge is 0.497 e. The first-order valence-corrected chi connectivity index (χ1v) is 8.75. The minimum absolute atomic E-state index is 0.116. The zero-order chi connectivity index (χ0) is 20.2. The molecule has 3 aromatic rings. The fraction of sp³-hybridized carbons (Fsp3) is 0.0952. The van der Waals surface area contributed by atoms with Gasteiger partial charge in [-0.25, -0.2) is 0 Å². The number of hydrogen-bond acceptors (Lipinski definition) is 6. The number of nitrogens with one attached hydrogen (secondary N) is 2. The van der Waals surface area contributed by atoms with Gasteiger partial charge in [0.1, 0.15) is 11.4 Å². The molecule has 29 heavy (non-hydrogen) atoms. The minimum Gasteiger partial charge on any atom is -0.497 e. The van der Waals surface area contributed by atoms with Crippen molar-refractivity contribution in [2.75, 3.05) is 24.5 Å². The molecule has 2 amide bonds. The molecular formula is C21H17N3O5. The molecule has 0 fully saturated rings. The van der Waals surface area contributed by atoms with Gasteiger partial charge >= 0.3 is 0 Å². The third-order valence-corrected chi connectivity index (χ3v) is 4.23. The highest BCUT2D eigenvalue weighted by Gasteiger charge is 2.16. The lowest BCUT2D eigenvalue weighted by atomic mass is 10.2. The van der Waals surface area contributed by atoms with Crippen LogP contribution in [0.5, 0.6) is 17.2 Å². The van der Waals surface area contributed by atoms with Gasteiger partial charge in [-0.15, -0.1) is 0 Å². The van der Waals surface area contributed by atoms with Crippen molar-refractivity contribution in [1.29, 1.82) is 0 Å². The molecule has 4 rings (SSSR count). The molecule has 0 bridgehead atoms. The lowest BCUT2D eigenvalue weighted by Gasteiger charge is -2.08. The van der Waals surface area contributed by atoms with Crippen LogP contribution in [-0.2, 0) is 0 Å². The number of hydrogen-bond donors (Lipinski definition) is 2. The van der Waals surface area contributed by atoms with Gasteiger partial charge in [-0.05, 0) is 48.5 Å². The van der Waals surface area contributed by atoms with Crippen molar-refractivity contribution in [3.8, 4) is 17.2 Å². The van der Waals surface area contributed by atoms with E-state index in [1.54, 1.807) is 49.6 Å². The summed E-state index contributed by atoms with van der Waals surface area (Å²) >= 11 is 0. The van der Waals surface area contributed by atoms with Crippen molar-refractivity contribution in [2.24, 2.45) is 0 Å². The van der Waals surface area contributed by atoms with E-state index in [1.807, 2.05) is 0 Å². The summed E-state index contributed by atoms with van der Waals surface area (Å²) in [6, 6.07) is 15.0. The summed E-state index contributed by atoms with van der Waals surface area (Å²) in [6.07, 6.45) is 1.41. The number of amides is 2. The number of ether oxygens (including phenoxy) is 3. The van der Waals surface area contributed by atoms with Crippen molar-refractivity contribution >= 4 is 23.2 Å². The third kappa shape index (κ3) is 4.11. The molecule has 0 spiro atoms. The predicted octanol–water partition coefficient (Wildman–Crippen LogP) is 3.32. The molecule has 2 aromatic carbocycles. The lowest BCUT2D eigenvalue weighted by molar-refractivity contribution is 0.102. The van der Waals surface area contributed by atoms with Crippen molar-refractivity contribution < 1.29 is 23.8 Å². The van der Waals surface area contributed by atoms with Crippen molar-refractivity contribution in [2.45, 2.75) is 0 Å². The zero-order valence-electron chi connectivity index (χ0n) is 15.5. The fourth-order valence-corrected chi connectivity index (χ4v) is 2.74. The van der Waals surface area contributed by atoms with Crippen LogP contribution in [-0.4, -0.2) is 30.7 Å². The maximum Gasteiger partial charge on any atom is 0.274 e. The topological polar surface area (TPSA) is 98.8 Å². The monoisotopic (exact) mass is 391 g/mol. The summed E-state index contributed by atoms with van der Waals surface area (Å²) in [4.78, 5) is 29.1. The van der Waals surface area contributed by atoms with Crippen LogP contribution < -0.4 is 24.8 Å². The van der Waals surface area contributed by atoms with Gasteiger partial charge in [0.15, 0.2) is 11.5 Å². The number of fused-ring (bicyclic) bond motifs is 1. The maximum absolute atomic E-state index is 12.5. The average Bonchev–Trinajstić information content (AvgIpc) is 3.22. The number of aromatic nitrogens is 1. The van der Waals surface area contributed by atoms with Gasteiger partial charge in [0.2, 0.25) is 6.79 Å². The molecule has 0 saturated carbocycles. The van der Waals surface area contributed by atoms with Crippen LogP contribution in [0.15, 0.2) is 60.8 Å². The van der Waals surface area contributed by atoms with Gasteiger partial charge in [0.25, 0.3) is 11.8 Å². The molecule has 0 atom stereocenters. The molecule has 146 valence electrons. The molecule has 0 aliphatic carbocycles. The van der Waals surface area contributed by atoms with Gasteiger partial charge in [0.05, 0.1) is 7.11 Å². The smallest absolute Gasteiger partial charge is 0.274 e. The molecule has 1 aliphatic rings. The van der Waals surface area contributed by atoms with Gasteiger partial charge < -0.3 is 24.8 Å². The van der Waals surface area contributed by atoms with E-state index in [2.05, 4.69) is 15.6 Å². The number of pyridine rings is 1. The van der Waals surface area contributed by atoms with Crippen LogP contribution in [0, 0.1) is 0 Å². The quantitative estimate of drug-likeness (QED) is 0.692. The standard InChI is InChI=1S/C21H17N3O5/c1-27-16-5-2-14(3-6-16)23-20(25)13-8-9-22-17(10-13)21(26)24-15-4-7-18-19(11-15)29-12-28-18/h2-11H,12H2,1H3,(H,23,25)(H,24,26). The molecule has 1 aliphatic heterocycles. The summed E-state index contributed by atoms with van der Waals surface area (Å²) in [6.45, 7) is 0.152. The Hall–Kier alpha value is -4.07. The summed E-state index contributed by atoms with van der Waals surface area (Å²) in [5, 5.41) is 5.50. The summed E-state index contributed by atoms with van der Waals surface area (Å²) in [5.41, 5.74) is 1.57. The first-order valence-electron chi connectivity index (χ1n) is 8.75. The molecule has 0 unspecified atom stereocenters. The lowest BCUT2D eigenvalue weighted by Crippen LogP contribution is -2.17. The maximum atomic E-state index is 12.5. The normalized spacial score (nSPS) is 11.6. The second-order valence-corrected chi connectivity index (χ2v) is 6.13. The van der Waals surface area contributed by atoms with Crippen molar-refractivity contribution in [3.05, 3.63) is 72.1 Å². The van der Waals surface area contributed by atoms with Crippen LogP contribution in [0.2, 0.25) is 0 Å². The van der Waals surface area contributed by atoms with Crippen LogP contribution in [0.25, 0.3) is 0 Å². The third-order valence-electron chi connectivity index (χ3n) is 4.23. The highest BCUT2D eigenvalue weighted by Crippen LogP contribution is 2.34. The van der Waals surface area contributed by atoms with Crippen LogP contribution in [0.3, 0.4) is 0 Å². The Balaban J connectivity index is 1.45. The van der Waals surface area contributed by atoms with Gasteiger partial charge in [-0.1, -0.05) is 0 Å². The highest BCUT2D eigenvalue weighted by atomic mass is 16.7. The van der Waals surface area contributed by atoms with Crippen molar-refractivity contribution in [3.63, 3.8) is 0 Å². The minimum atomic E-state index is -0.442. The Morgan fingerprint density at radius 3 is 2.41 bits per heavy atom. The van der Waals surface area contributed by atoms with Crippen LogP contribution in [0.4, 0.5) is 11.4 Å². The van der Waals surface area contributed by atoms with Crippen LogP contribution in [0.1, 0.15) is 20.8 Å². The second kappa shape index (κ2) is 7.89. The molecule has 2 heterocycles. The average molecular weight is 391 g/mol. The molecule has 2 N–H and O–H groups in total. The molecule has 1 aromatic heterocycles. The number of rotatable bonds is 5. The second-order valence-electron chi connectivity index (χ2n) is 6.13. The first-order chi connectivity index (χ1) is 14.1. The zero-order valence-corrected chi connectivity index (χ0v) is 15.5. The van der Waals surface area contributed by atoms with Gasteiger partial charge in [-0.3, -0.25) is 14.6 Å². The SMILES string of the molecule is COc1ccc(NC(=O)c2ccnc(C(=O)Nc3ccc4c(c3)OCO4)c2)cc1. The molecular weight excluding hydrogens is 374 g/mol. The Morgan fingerprint density at radius 1 is 0.897 bits per heavy atom. The highest BCUT2D eigenvalue weighted by molar-refractivity contribution is 6.07. The molecule has 8 nitrogen and oxygen atoms in total. The summed E-state index contributed by atoms with van der Waals surface area (Å²) < 4.78 is 15.6. The summed E-state index contributed by atoms with van der Waals surface area (Å²) in [7, 11) is 1.57. The molecule has 0 radical (unpaired) electrons. The molecule has 0 saturated heterocycles. The summed E-state index contributed by atoms with van der Waals surface area (Å²) in [5.74, 6) is 1.08. The van der Waals surface area contributed by atoms with E-state index in [4.69, 9.17) is 14.2 Å². The number of anilines is 2. The van der Waals surface area contributed by atoms with E-state index >= 15 is 0 Å². The predicted molar refractivity (Wildman–Crippen MR) is 106 cm³/mol. The Bertz CT molecular complexity index is 1070. The molecule has 8 heteroatoms. The number of carbonyl (C=O) groups excluding carboxylic acids is 2. The Kier molecular flexibility index (Phi) is 4.98. The van der Waals surface area contributed by atoms with E-state index < -0.39 is 5.91 Å². The van der Waals surface area contributed by atoms with Gasteiger partial charge in [-0.2, -0.15) is 0 Å². The first kappa shape index (κ1) is 18.3. The number of methoxy groups -OCH3 is 1. The number of nitrogens with zero attached hydrogens (tertiary/aromatic N) is 1. The van der Waals surface area contributed by atoms with E-state index in [9.17, 15) is 9.59 Å². The van der Waals surface area contributed by atoms with Crippen molar-refractivity contribution in [1.82, 2.24) is 4.98 Å². The Labute approximate surface area is 166 Å².